The van der Waals surface area contributed by atoms with Crippen LogP contribution in [0.4, 0.5) is 0 Å². The normalized spacial score (nSPS) is 13.6. The minimum atomic E-state index is -4.40. The second-order valence-electron chi connectivity index (χ2n) is 16.0. The monoisotopic (exact) mass is 852 g/mol. The number of hydrogen-bond donors (Lipinski definition) is 2. The van der Waals surface area contributed by atoms with E-state index in [2.05, 4.69) is 50.3 Å². The molecule has 3 N–H and O–H groups in total. The number of carbonyl (C=O) groups excluding carboxylic acids is 2. The van der Waals surface area contributed by atoms with Crippen LogP contribution in [0.1, 0.15) is 219 Å². The van der Waals surface area contributed by atoms with Gasteiger partial charge in [0, 0.05) is 19.4 Å². The molecule has 344 valence electrons. The lowest BCUT2D eigenvalue weighted by atomic mass is 10.0. The van der Waals surface area contributed by atoms with Crippen molar-refractivity contribution in [3.05, 3.63) is 48.6 Å². The number of ether oxygens (including phenoxy) is 2. The van der Waals surface area contributed by atoms with Crippen LogP contribution in [0.15, 0.2) is 48.6 Å². The number of carbonyl (C=O) groups is 2. The van der Waals surface area contributed by atoms with Gasteiger partial charge < -0.3 is 20.1 Å². The summed E-state index contributed by atoms with van der Waals surface area (Å²) in [5.74, 6) is -0.917. The Morgan fingerprint density at radius 1 is 0.525 bits per heavy atom. The third kappa shape index (κ3) is 45.3. The summed E-state index contributed by atoms with van der Waals surface area (Å²) in [5, 5.41) is 0. The van der Waals surface area contributed by atoms with E-state index in [-0.39, 0.29) is 32.6 Å². The molecule has 2 unspecified atom stereocenters. The molecule has 0 fully saturated rings. The van der Waals surface area contributed by atoms with Gasteiger partial charge in [-0.2, -0.15) is 0 Å². The molecule has 0 aliphatic carbocycles. The van der Waals surface area contributed by atoms with E-state index in [0.29, 0.717) is 6.42 Å². The molecule has 0 aromatic rings. The van der Waals surface area contributed by atoms with Crippen LogP contribution >= 0.6 is 7.82 Å². The zero-order chi connectivity index (χ0) is 43.2. The lowest BCUT2D eigenvalue weighted by Crippen LogP contribution is -2.29. The number of hydrogen-bond acceptors (Lipinski definition) is 8. The Balaban J connectivity index is 4.01. The second kappa shape index (κ2) is 45.5. The van der Waals surface area contributed by atoms with E-state index in [0.717, 1.165) is 44.9 Å². The summed E-state index contributed by atoms with van der Waals surface area (Å²) in [6, 6.07) is 0. The summed E-state index contributed by atoms with van der Waals surface area (Å²) in [5.41, 5.74) is 5.35. The first kappa shape index (κ1) is 57.0. The SMILES string of the molecule is CC/C=C\C/C=C\C/C=C\C/C=C\CCC(=O)OC(COC(=O)CCCCCCCCCCCCCCCCCCCCCCCCCCC)COP(=O)(O)OCCN. The lowest BCUT2D eigenvalue weighted by molar-refractivity contribution is -0.161. The van der Waals surface area contributed by atoms with Gasteiger partial charge in [0.1, 0.15) is 6.61 Å². The van der Waals surface area contributed by atoms with Crippen LogP contribution in [-0.2, 0) is 32.7 Å². The molecule has 10 heteroatoms. The Kier molecular flexibility index (Phi) is 43.9. The number of esters is 2. The van der Waals surface area contributed by atoms with Crippen molar-refractivity contribution in [3.8, 4) is 0 Å². The van der Waals surface area contributed by atoms with Gasteiger partial charge in [0.05, 0.1) is 13.2 Å². The van der Waals surface area contributed by atoms with Crippen LogP contribution in [0.5, 0.6) is 0 Å². The number of phosphoric ester groups is 1. The summed E-state index contributed by atoms with van der Waals surface area (Å²) < 4.78 is 32.7. The molecule has 0 heterocycles. The number of allylic oxidation sites excluding steroid dienone is 8. The van der Waals surface area contributed by atoms with Crippen LogP contribution in [0, 0.1) is 0 Å². The molecule has 0 bridgehead atoms. The highest BCUT2D eigenvalue weighted by Crippen LogP contribution is 2.43. The lowest BCUT2D eigenvalue weighted by Gasteiger charge is -2.19. The van der Waals surface area contributed by atoms with Gasteiger partial charge in [0.15, 0.2) is 6.10 Å². The third-order valence-corrected chi connectivity index (χ3v) is 11.2. The van der Waals surface area contributed by atoms with Gasteiger partial charge in [-0.15, -0.1) is 0 Å². The van der Waals surface area contributed by atoms with Gasteiger partial charge in [-0.05, 0) is 38.5 Å². The number of phosphoric acid groups is 1. The van der Waals surface area contributed by atoms with Crippen molar-refractivity contribution in [3.63, 3.8) is 0 Å². The van der Waals surface area contributed by atoms with Gasteiger partial charge >= 0.3 is 19.8 Å². The van der Waals surface area contributed by atoms with Crippen LogP contribution in [0.2, 0.25) is 0 Å². The minimum absolute atomic E-state index is 0.0425. The highest BCUT2D eigenvalue weighted by atomic mass is 31.2. The molecule has 0 spiro atoms. The third-order valence-electron chi connectivity index (χ3n) is 10.2. The number of rotatable bonds is 45. The molecule has 59 heavy (non-hydrogen) atoms. The Morgan fingerprint density at radius 2 is 0.932 bits per heavy atom. The average Bonchev–Trinajstić information content (AvgIpc) is 3.22. The standard InChI is InChI=1S/C49H90NO8P/c1-3-5-7-9-11-13-15-17-18-19-20-21-22-23-24-25-26-27-28-30-31-33-35-37-39-41-48(51)55-45-47(46-57-59(53,54)56-44-43-50)58-49(52)42-40-38-36-34-32-29-16-14-12-10-8-6-4-2/h6,8,12,14,29,32,36,38,47H,3-5,7,9-11,13,15-28,30-31,33-35,37,39-46,50H2,1-2H3,(H,53,54)/b8-6-,14-12-,32-29-,38-36-. The minimum Gasteiger partial charge on any atom is -0.462 e. The smallest absolute Gasteiger partial charge is 0.462 e. The number of nitrogens with two attached hydrogens (primary N) is 1. The fraction of sp³-hybridized carbons (Fsp3) is 0.796. The fourth-order valence-corrected chi connectivity index (χ4v) is 7.47. The predicted molar refractivity (Wildman–Crippen MR) is 247 cm³/mol. The first-order valence-electron chi connectivity index (χ1n) is 24.1. The predicted octanol–water partition coefficient (Wildman–Crippen LogP) is 14.3. The Hall–Kier alpha value is -2.03. The molecule has 9 nitrogen and oxygen atoms in total. The summed E-state index contributed by atoms with van der Waals surface area (Å²) in [6.45, 7) is 3.55. The topological polar surface area (TPSA) is 134 Å². The molecule has 0 rings (SSSR count). The van der Waals surface area contributed by atoms with E-state index in [1.54, 1.807) is 0 Å². The van der Waals surface area contributed by atoms with Gasteiger partial charge in [0.25, 0.3) is 0 Å². The Morgan fingerprint density at radius 3 is 1.36 bits per heavy atom. The highest BCUT2D eigenvalue weighted by Gasteiger charge is 2.25. The highest BCUT2D eigenvalue weighted by molar-refractivity contribution is 7.47. The molecule has 2 atom stereocenters. The maximum atomic E-state index is 12.5. The summed E-state index contributed by atoms with van der Waals surface area (Å²) in [4.78, 5) is 34.9. The first-order chi connectivity index (χ1) is 28.8. The molecule has 0 aromatic carbocycles. The molecule has 0 saturated carbocycles. The van der Waals surface area contributed by atoms with Gasteiger partial charge in [-0.25, -0.2) is 4.57 Å². The summed E-state index contributed by atoms with van der Waals surface area (Å²) >= 11 is 0. The second-order valence-corrected chi connectivity index (χ2v) is 17.4. The molecular formula is C49H90NO8P. The van der Waals surface area contributed by atoms with Crippen LogP contribution in [0.25, 0.3) is 0 Å². The maximum Gasteiger partial charge on any atom is 0.472 e. The molecule has 0 saturated heterocycles. The summed E-state index contributed by atoms with van der Waals surface area (Å²) in [6.07, 6.45) is 53.3. The van der Waals surface area contributed by atoms with Crippen LogP contribution < -0.4 is 5.73 Å². The average molecular weight is 852 g/mol. The molecule has 0 aliphatic rings. The van der Waals surface area contributed by atoms with Crippen molar-refractivity contribution in [2.45, 2.75) is 225 Å². The van der Waals surface area contributed by atoms with Crippen molar-refractivity contribution in [1.29, 1.82) is 0 Å². The molecule has 0 aliphatic heterocycles. The van der Waals surface area contributed by atoms with E-state index in [1.165, 1.54) is 141 Å². The summed E-state index contributed by atoms with van der Waals surface area (Å²) in [7, 11) is -4.40. The maximum absolute atomic E-state index is 12.5. The van der Waals surface area contributed by atoms with Gasteiger partial charge in [0.2, 0.25) is 0 Å². The molecule has 0 aromatic heterocycles. The first-order valence-corrected chi connectivity index (χ1v) is 25.6. The van der Waals surface area contributed by atoms with E-state index in [1.807, 2.05) is 12.2 Å². The van der Waals surface area contributed by atoms with Gasteiger partial charge in [-0.3, -0.25) is 18.6 Å². The molecule has 0 amide bonds. The Bertz CT molecular complexity index is 1110. The van der Waals surface area contributed by atoms with Crippen molar-refractivity contribution in [2.24, 2.45) is 5.73 Å². The van der Waals surface area contributed by atoms with Gasteiger partial charge in [-0.1, -0.05) is 217 Å². The zero-order valence-corrected chi connectivity index (χ0v) is 38.9. The van der Waals surface area contributed by atoms with Crippen LogP contribution in [0.3, 0.4) is 0 Å². The van der Waals surface area contributed by atoms with Crippen molar-refractivity contribution in [2.75, 3.05) is 26.4 Å². The van der Waals surface area contributed by atoms with Crippen molar-refractivity contribution >= 4 is 19.8 Å². The number of unbranched alkanes of at least 4 members (excludes halogenated alkanes) is 24. The van der Waals surface area contributed by atoms with E-state index < -0.39 is 32.5 Å². The quantitative estimate of drug-likeness (QED) is 0.0266. The van der Waals surface area contributed by atoms with E-state index in [9.17, 15) is 19.0 Å². The van der Waals surface area contributed by atoms with Crippen molar-refractivity contribution in [1.82, 2.24) is 0 Å². The largest absolute Gasteiger partial charge is 0.472 e. The Labute approximate surface area is 362 Å². The molecular weight excluding hydrogens is 762 g/mol. The van der Waals surface area contributed by atoms with E-state index >= 15 is 0 Å². The van der Waals surface area contributed by atoms with Crippen molar-refractivity contribution < 1.29 is 37.6 Å². The molecule has 0 radical (unpaired) electrons. The zero-order valence-electron chi connectivity index (χ0n) is 38.0. The fourth-order valence-electron chi connectivity index (χ4n) is 6.71. The van der Waals surface area contributed by atoms with Crippen LogP contribution in [-0.4, -0.2) is 49.3 Å². The van der Waals surface area contributed by atoms with E-state index in [4.69, 9.17) is 24.3 Å².